The molecule has 0 unspecified atom stereocenters. The zero-order valence-electron chi connectivity index (χ0n) is 15.0. The number of benzene rings is 1. The summed E-state index contributed by atoms with van der Waals surface area (Å²) >= 11 is 0. The van der Waals surface area contributed by atoms with Crippen LogP contribution in [0.1, 0.15) is 56.4 Å². The van der Waals surface area contributed by atoms with E-state index in [4.69, 9.17) is 4.98 Å². The van der Waals surface area contributed by atoms with Crippen LogP contribution in [0.3, 0.4) is 0 Å². The van der Waals surface area contributed by atoms with Gasteiger partial charge in [0.05, 0.1) is 0 Å². The summed E-state index contributed by atoms with van der Waals surface area (Å²) in [5.74, 6) is 1.62. The van der Waals surface area contributed by atoms with Crippen molar-refractivity contribution < 1.29 is 0 Å². The zero-order valence-corrected chi connectivity index (χ0v) is 15.0. The SMILES string of the molecule is CCc1cccc(CC)c1Nc1cc(C)nc(NC2CCCC2)n1. The van der Waals surface area contributed by atoms with E-state index in [0.717, 1.165) is 30.3 Å². The van der Waals surface area contributed by atoms with Gasteiger partial charge in [-0.1, -0.05) is 44.9 Å². The van der Waals surface area contributed by atoms with Crippen molar-refractivity contribution >= 4 is 17.5 Å². The first kappa shape index (κ1) is 16.7. The van der Waals surface area contributed by atoms with Crippen LogP contribution < -0.4 is 10.6 Å². The highest BCUT2D eigenvalue weighted by atomic mass is 15.2. The van der Waals surface area contributed by atoms with Gasteiger partial charge in [0.1, 0.15) is 5.82 Å². The van der Waals surface area contributed by atoms with Crippen LogP contribution in [0.5, 0.6) is 0 Å². The van der Waals surface area contributed by atoms with Crippen LogP contribution in [0.25, 0.3) is 0 Å². The monoisotopic (exact) mass is 324 g/mol. The normalized spacial score (nSPS) is 14.8. The highest BCUT2D eigenvalue weighted by Gasteiger charge is 2.16. The second-order valence-electron chi connectivity index (χ2n) is 6.63. The largest absolute Gasteiger partial charge is 0.351 e. The molecule has 1 aromatic carbocycles. The van der Waals surface area contributed by atoms with Crippen LogP contribution in [-0.2, 0) is 12.8 Å². The molecule has 0 spiro atoms. The number of nitrogens with one attached hydrogen (secondary N) is 2. The molecule has 0 bridgehead atoms. The predicted molar refractivity (Wildman–Crippen MR) is 101 cm³/mol. The highest BCUT2D eigenvalue weighted by Crippen LogP contribution is 2.27. The lowest BCUT2D eigenvalue weighted by atomic mass is 10.0. The lowest BCUT2D eigenvalue weighted by Crippen LogP contribution is -2.17. The molecule has 2 N–H and O–H groups in total. The van der Waals surface area contributed by atoms with Gasteiger partial charge in [-0.25, -0.2) is 4.98 Å². The average Bonchev–Trinajstić information content (AvgIpc) is 3.07. The van der Waals surface area contributed by atoms with Crippen molar-refractivity contribution in [3.8, 4) is 0 Å². The summed E-state index contributed by atoms with van der Waals surface area (Å²) in [6, 6.07) is 9.06. The third-order valence-electron chi connectivity index (χ3n) is 4.79. The maximum atomic E-state index is 4.71. The average molecular weight is 324 g/mol. The number of aromatic nitrogens is 2. The molecule has 1 heterocycles. The molecule has 128 valence electrons. The molecular weight excluding hydrogens is 296 g/mol. The summed E-state index contributed by atoms with van der Waals surface area (Å²) in [4.78, 5) is 9.27. The Kier molecular flexibility index (Phi) is 5.34. The third-order valence-corrected chi connectivity index (χ3v) is 4.79. The molecule has 4 nitrogen and oxygen atoms in total. The maximum Gasteiger partial charge on any atom is 0.225 e. The number of hydrogen-bond acceptors (Lipinski definition) is 4. The Labute approximate surface area is 145 Å². The van der Waals surface area contributed by atoms with Gasteiger partial charge in [-0.05, 0) is 43.7 Å². The standard InChI is InChI=1S/C20H28N4/c1-4-15-9-8-10-16(5-2)19(15)23-18-13-14(3)21-20(24-18)22-17-11-6-7-12-17/h8-10,13,17H,4-7,11-12H2,1-3H3,(H2,21,22,23,24). The molecule has 2 aromatic rings. The fraction of sp³-hybridized carbons (Fsp3) is 0.500. The minimum Gasteiger partial charge on any atom is -0.351 e. The first-order valence-electron chi connectivity index (χ1n) is 9.19. The first-order chi connectivity index (χ1) is 11.7. The fourth-order valence-corrected chi connectivity index (χ4v) is 3.48. The number of hydrogen-bond donors (Lipinski definition) is 2. The Morgan fingerprint density at radius 1 is 1.04 bits per heavy atom. The quantitative estimate of drug-likeness (QED) is 0.784. The van der Waals surface area contributed by atoms with Crippen LogP contribution >= 0.6 is 0 Å². The summed E-state index contributed by atoms with van der Waals surface area (Å²) in [6.45, 7) is 6.41. The fourth-order valence-electron chi connectivity index (χ4n) is 3.48. The molecule has 1 aliphatic carbocycles. The van der Waals surface area contributed by atoms with Crippen LogP contribution in [0, 0.1) is 6.92 Å². The van der Waals surface area contributed by atoms with E-state index in [2.05, 4.69) is 47.7 Å². The predicted octanol–water partition coefficient (Wildman–Crippen LogP) is 5.01. The lowest BCUT2D eigenvalue weighted by molar-refractivity contribution is 0.743. The van der Waals surface area contributed by atoms with E-state index in [0.29, 0.717) is 6.04 Å². The van der Waals surface area contributed by atoms with Crippen LogP contribution in [0.4, 0.5) is 17.5 Å². The molecule has 1 aromatic heterocycles. The summed E-state index contributed by atoms with van der Waals surface area (Å²) in [6.07, 6.45) is 7.06. The number of anilines is 3. The van der Waals surface area contributed by atoms with E-state index in [9.17, 15) is 0 Å². The van der Waals surface area contributed by atoms with Crippen molar-refractivity contribution in [2.45, 2.75) is 65.3 Å². The van der Waals surface area contributed by atoms with E-state index >= 15 is 0 Å². The van der Waals surface area contributed by atoms with Crippen LogP contribution in [-0.4, -0.2) is 16.0 Å². The topological polar surface area (TPSA) is 49.8 Å². The van der Waals surface area contributed by atoms with Crippen molar-refractivity contribution in [1.29, 1.82) is 0 Å². The van der Waals surface area contributed by atoms with Gasteiger partial charge in [-0.2, -0.15) is 4.98 Å². The van der Waals surface area contributed by atoms with Gasteiger partial charge in [0.15, 0.2) is 0 Å². The minimum atomic E-state index is 0.522. The second-order valence-corrected chi connectivity index (χ2v) is 6.63. The summed E-state index contributed by atoms with van der Waals surface area (Å²) in [5, 5.41) is 7.06. The van der Waals surface area contributed by atoms with Gasteiger partial charge in [-0.3, -0.25) is 0 Å². The van der Waals surface area contributed by atoms with Crippen molar-refractivity contribution in [3.05, 3.63) is 41.1 Å². The van der Waals surface area contributed by atoms with Crippen molar-refractivity contribution in [2.75, 3.05) is 10.6 Å². The molecular formula is C20H28N4. The van der Waals surface area contributed by atoms with Gasteiger partial charge in [0.2, 0.25) is 5.95 Å². The molecule has 0 aliphatic heterocycles. The molecule has 0 saturated heterocycles. The Morgan fingerprint density at radius 2 is 1.71 bits per heavy atom. The molecule has 3 rings (SSSR count). The summed E-state index contributed by atoms with van der Waals surface area (Å²) in [5.41, 5.74) is 4.85. The van der Waals surface area contributed by atoms with E-state index in [-0.39, 0.29) is 0 Å². The van der Waals surface area contributed by atoms with E-state index in [1.807, 2.05) is 13.0 Å². The third kappa shape index (κ3) is 3.86. The van der Waals surface area contributed by atoms with E-state index < -0.39 is 0 Å². The Hall–Kier alpha value is -2.10. The van der Waals surface area contributed by atoms with E-state index in [1.54, 1.807) is 0 Å². The summed E-state index contributed by atoms with van der Waals surface area (Å²) < 4.78 is 0. The molecule has 0 atom stereocenters. The van der Waals surface area contributed by atoms with Gasteiger partial charge in [-0.15, -0.1) is 0 Å². The molecule has 24 heavy (non-hydrogen) atoms. The molecule has 4 heteroatoms. The van der Waals surface area contributed by atoms with Gasteiger partial charge in [0, 0.05) is 23.5 Å². The number of nitrogens with zero attached hydrogens (tertiary/aromatic N) is 2. The van der Waals surface area contributed by atoms with Crippen LogP contribution in [0.2, 0.25) is 0 Å². The minimum absolute atomic E-state index is 0.522. The number of aryl methyl sites for hydroxylation is 3. The second kappa shape index (κ2) is 7.65. The van der Waals surface area contributed by atoms with Crippen LogP contribution in [0.15, 0.2) is 24.3 Å². The van der Waals surface area contributed by atoms with Gasteiger partial charge in [0.25, 0.3) is 0 Å². The molecule has 1 fully saturated rings. The van der Waals surface area contributed by atoms with Gasteiger partial charge < -0.3 is 10.6 Å². The first-order valence-corrected chi connectivity index (χ1v) is 9.19. The highest BCUT2D eigenvalue weighted by molar-refractivity contribution is 5.66. The summed E-state index contributed by atoms with van der Waals surface area (Å²) in [7, 11) is 0. The molecule has 0 amide bonds. The Bertz CT molecular complexity index is 668. The smallest absolute Gasteiger partial charge is 0.225 e. The maximum absolute atomic E-state index is 4.71. The number of rotatable bonds is 6. The molecule has 1 aliphatic rings. The van der Waals surface area contributed by atoms with Crippen molar-refractivity contribution in [3.63, 3.8) is 0 Å². The number of para-hydroxylation sites is 1. The van der Waals surface area contributed by atoms with E-state index in [1.165, 1.54) is 42.5 Å². The Morgan fingerprint density at radius 3 is 2.33 bits per heavy atom. The van der Waals surface area contributed by atoms with Crippen molar-refractivity contribution in [1.82, 2.24) is 9.97 Å². The lowest BCUT2D eigenvalue weighted by Gasteiger charge is -2.17. The van der Waals surface area contributed by atoms with Gasteiger partial charge >= 0.3 is 0 Å². The molecule has 1 saturated carbocycles. The Balaban J connectivity index is 1.86. The van der Waals surface area contributed by atoms with Crippen molar-refractivity contribution in [2.24, 2.45) is 0 Å². The zero-order chi connectivity index (χ0) is 16.9. The molecule has 0 radical (unpaired) electrons.